The molecule has 0 saturated heterocycles. The van der Waals surface area contributed by atoms with E-state index in [0.29, 0.717) is 94.7 Å². The summed E-state index contributed by atoms with van der Waals surface area (Å²) >= 11 is 0. The van der Waals surface area contributed by atoms with Gasteiger partial charge in [-0.25, -0.2) is 0 Å². The Morgan fingerprint density at radius 2 is 0.625 bits per heavy atom. The third kappa shape index (κ3) is 11.1. The molecule has 0 spiro atoms. The topological polar surface area (TPSA) is 111 Å². The van der Waals surface area contributed by atoms with Crippen LogP contribution in [0.15, 0.2) is 97.1 Å². The standard InChI is InChI=1S/C52H58O12/c1-53-39-15-11-13-33(23-39)19-21-37-29-45(43(57-5)31-41(37)55-3)63-49-27-36(18-17-35-25-47(59-7)51(61-9)48(26-35)60-8)28-50(52(49)62-10)64-46-30-38(42(56-4)32-44(46)58-6)22-20-34-14-12-16-40(24-34)54-2/h11-16,23-32H,17-22H2,1-10H3. The van der Waals surface area contributed by atoms with E-state index in [-0.39, 0.29) is 0 Å². The van der Waals surface area contributed by atoms with Gasteiger partial charge in [-0.05, 0) is 133 Å². The molecular formula is C52H58O12. The number of rotatable bonds is 23. The quantitative estimate of drug-likeness (QED) is 0.0611. The van der Waals surface area contributed by atoms with Gasteiger partial charge in [-0.1, -0.05) is 24.3 Å². The molecule has 0 aliphatic carbocycles. The van der Waals surface area contributed by atoms with Crippen molar-refractivity contribution in [2.75, 3.05) is 71.1 Å². The molecule has 64 heavy (non-hydrogen) atoms. The lowest BCUT2D eigenvalue weighted by Gasteiger charge is -2.21. The van der Waals surface area contributed by atoms with Gasteiger partial charge in [0.1, 0.15) is 23.0 Å². The number of aryl methyl sites for hydroxylation is 6. The van der Waals surface area contributed by atoms with Crippen molar-refractivity contribution in [2.24, 2.45) is 0 Å². The predicted molar refractivity (Wildman–Crippen MR) is 247 cm³/mol. The molecule has 0 unspecified atom stereocenters. The first kappa shape index (κ1) is 46.4. The fraction of sp³-hybridized carbons (Fsp3) is 0.308. The van der Waals surface area contributed by atoms with Crippen LogP contribution in [0.4, 0.5) is 0 Å². The molecule has 0 fully saturated rings. The molecule has 0 amide bonds. The van der Waals surface area contributed by atoms with Crippen LogP contribution in [0.3, 0.4) is 0 Å². The second-order valence-corrected chi connectivity index (χ2v) is 14.7. The summed E-state index contributed by atoms with van der Waals surface area (Å²) in [6.45, 7) is 0. The van der Waals surface area contributed by atoms with Crippen molar-refractivity contribution in [2.45, 2.75) is 38.5 Å². The highest BCUT2D eigenvalue weighted by Gasteiger charge is 2.23. The number of hydrogen-bond donors (Lipinski definition) is 0. The van der Waals surface area contributed by atoms with Gasteiger partial charge in [0.2, 0.25) is 11.5 Å². The van der Waals surface area contributed by atoms with Gasteiger partial charge in [0, 0.05) is 12.1 Å². The van der Waals surface area contributed by atoms with Crippen molar-refractivity contribution in [1.29, 1.82) is 0 Å². The van der Waals surface area contributed by atoms with Gasteiger partial charge in [0.25, 0.3) is 0 Å². The van der Waals surface area contributed by atoms with E-state index < -0.39 is 0 Å². The molecule has 0 saturated carbocycles. The van der Waals surface area contributed by atoms with Crippen LogP contribution in [-0.2, 0) is 38.5 Å². The first-order valence-corrected chi connectivity index (χ1v) is 20.8. The van der Waals surface area contributed by atoms with E-state index in [9.17, 15) is 0 Å². The van der Waals surface area contributed by atoms with Gasteiger partial charge >= 0.3 is 0 Å². The normalized spacial score (nSPS) is 10.7. The lowest BCUT2D eigenvalue weighted by atomic mass is 10.0. The van der Waals surface area contributed by atoms with Crippen molar-refractivity contribution in [1.82, 2.24) is 0 Å². The van der Waals surface area contributed by atoms with Crippen LogP contribution in [0, 0.1) is 0 Å². The minimum atomic E-state index is 0.364. The van der Waals surface area contributed by atoms with Crippen LogP contribution in [-0.4, -0.2) is 71.1 Å². The van der Waals surface area contributed by atoms with E-state index in [1.54, 1.807) is 71.1 Å². The lowest BCUT2D eigenvalue weighted by Crippen LogP contribution is -2.03. The van der Waals surface area contributed by atoms with E-state index >= 15 is 0 Å². The van der Waals surface area contributed by atoms with Crippen molar-refractivity contribution in [3.63, 3.8) is 0 Å². The zero-order valence-corrected chi connectivity index (χ0v) is 38.4. The fourth-order valence-electron chi connectivity index (χ4n) is 7.56. The molecule has 0 aromatic heterocycles. The summed E-state index contributed by atoms with van der Waals surface area (Å²) in [5.41, 5.74) is 5.99. The Balaban J connectivity index is 1.41. The van der Waals surface area contributed by atoms with E-state index in [4.69, 9.17) is 56.8 Å². The molecule has 338 valence electrons. The van der Waals surface area contributed by atoms with Gasteiger partial charge in [-0.15, -0.1) is 0 Å². The predicted octanol–water partition coefficient (Wildman–Crippen LogP) is 10.7. The summed E-state index contributed by atoms with van der Waals surface area (Å²) in [5, 5.41) is 0. The molecule has 12 heteroatoms. The fourth-order valence-corrected chi connectivity index (χ4v) is 7.56. The first-order chi connectivity index (χ1) is 31.2. The van der Waals surface area contributed by atoms with Crippen LogP contribution in [0.25, 0.3) is 0 Å². The summed E-state index contributed by atoms with van der Waals surface area (Å²) in [7, 11) is 16.2. The molecule has 0 bridgehead atoms. The highest BCUT2D eigenvalue weighted by atomic mass is 16.6. The minimum absolute atomic E-state index is 0.364. The Morgan fingerprint density at radius 3 is 0.984 bits per heavy atom. The maximum Gasteiger partial charge on any atom is 0.204 e. The molecule has 0 heterocycles. The Bertz CT molecular complexity index is 2340. The first-order valence-electron chi connectivity index (χ1n) is 20.8. The third-order valence-corrected chi connectivity index (χ3v) is 10.9. The van der Waals surface area contributed by atoms with E-state index in [1.807, 2.05) is 84.9 Å². The lowest BCUT2D eigenvalue weighted by molar-refractivity contribution is 0.324. The van der Waals surface area contributed by atoms with Gasteiger partial charge in [-0.2, -0.15) is 0 Å². The second kappa shape index (κ2) is 22.3. The smallest absolute Gasteiger partial charge is 0.204 e. The van der Waals surface area contributed by atoms with Crippen LogP contribution < -0.4 is 56.8 Å². The largest absolute Gasteiger partial charge is 0.497 e. The molecule has 6 aromatic carbocycles. The van der Waals surface area contributed by atoms with Crippen molar-refractivity contribution >= 4 is 0 Å². The molecule has 0 atom stereocenters. The summed E-state index contributed by atoms with van der Waals surface area (Å²) in [4.78, 5) is 0. The highest BCUT2D eigenvalue weighted by Crippen LogP contribution is 2.48. The number of methoxy groups -OCH3 is 10. The second-order valence-electron chi connectivity index (χ2n) is 14.7. The van der Waals surface area contributed by atoms with Gasteiger partial charge in [0.05, 0.1) is 71.1 Å². The zero-order chi connectivity index (χ0) is 45.6. The molecule has 0 aliphatic rings. The molecule has 6 rings (SSSR count). The number of ether oxygens (including phenoxy) is 12. The molecular weight excluding hydrogens is 817 g/mol. The van der Waals surface area contributed by atoms with Gasteiger partial charge in [-0.3, -0.25) is 0 Å². The average Bonchev–Trinajstić information content (AvgIpc) is 3.33. The van der Waals surface area contributed by atoms with Crippen LogP contribution in [0.1, 0.15) is 33.4 Å². The number of benzene rings is 6. The van der Waals surface area contributed by atoms with Crippen molar-refractivity contribution in [3.05, 3.63) is 130 Å². The van der Waals surface area contributed by atoms with Crippen LogP contribution in [0.5, 0.6) is 80.5 Å². The summed E-state index contributed by atoms with van der Waals surface area (Å²) in [6.07, 6.45) is 3.99. The Morgan fingerprint density at radius 1 is 0.266 bits per heavy atom. The average molecular weight is 875 g/mol. The summed E-state index contributed by atoms with van der Waals surface area (Å²) < 4.78 is 71.0. The van der Waals surface area contributed by atoms with Crippen molar-refractivity contribution < 1.29 is 56.8 Å². The number of hydrogen-bond acceptors (Lipinski definition) is 12. The zero-order valence-electron chi connectivity index (χ0n) is 38.4. The highest BCUT2D eigenvalue weighted by molar-refractivity contribution is 5.61. The summed E-state index contributed by atoms with van der Waals surface area (Å²) in [6, 6.07) is 31.4. The maximum atomic E-state index is 6.83. The molecule has 0 N–H and O–H groups in total. The van der Waals surface area contributed by atoms with E-state index in [1.165, 1.54) is 0 Å². The summed E-state index contributed by atoms with van der Waals surface area (Å²) in [5.74, 6) is 7.70. The van der Waals surface area contributed by atoms with Crippen LogP contribution in [0.2, 0.25) is 0 Å². The van der Waals surface area contributed by atoms with Crippen molar-refractivity contribution in [3.8, 4) is 80.5 Å². The van der Waals surface area contributed by atoms with E-state index in [0.717, 1.165) is 57.7 Å². The van der Waals surface area contributed by atoms with Crippen LogP contribution >= 0.6 is 0 Å². The maximum absolute atomic E-state index is 6.83. The molecule has 0 aliphatic heterocycles. The van der Waals surface area contributed by atoms with Gasteiger partial charge < -0.3 is 56.8 Å². The van der Waals surface area contributed by atoms with E-state index in [2.05, 4.69) is 12.1 Å². The monoisotopic (exact) mass is 874 g/mol. The Kier molecular flexibility index (Phi) is 16.2. The molecule has 6 aromatic rings. The Labute approximate surface area is 376 Å². The third-order valence-electron chi connectivity index (χ3n) is 10.9. The minimum Gasteiger partial charge on any atom is -0.497 e. The van der Waals surface area contributed by atoms with Gasteiger partial charge in [0.15, 0.2) is 46.0 Å². The Hall–Kier alpha value is -7.08. The molecule has 0 radical (unpaired) electrons. The SMILES string of the molecule is COc1cccc(CCc2cc(Oc3cc(CCc4cc(OC)c(OC)c(OC)c4)cc(Oc4cc(CCc5cccc(OC)c5)c(OC)cc4OC)c3OC)c(OC)cc2OC)c1. The molecule has 12 nitrogen and oxygen atoms in total.